The third-order valence-corrected chi connectivity index (χ3v) is 6.50. The first kappa shape index (κ1) is 24.2. The number of methoxy groups -OCH3 is 3. The zero-order valence-electron chi connectivity index (χ0n) is 20.1. The predicted molar refractivity (Wildman–Crippen MR) is 138 cm³/mol. The SMILES string of the molecule is COc1cccc(C2/C(=C(\O)c3ccc(Cl)c(OC)c3)C(=O)C(=O)N2c2nc3ccc(OC)cc3[nH]2)c1. The van der Waals surface area contributed by atoms with E-state index in [0.29, 0.717) is 38.9 Å². The number of hydrogen-bond donors (Lipinski definition) is 2. The van der Waals surface area contributed by atoms with Crippen LogP contribution in [0.2, 0.25) is 5.02 Å². The number of anilines is 1. The van der Waals surface area contributed by atoms with Crippen LogP contribution < -0.4 is 19.1 Å². The molecule has 10 heteroatoms. The van der Waals surface area contributed by atoms with Gasteiger partial charge in [0.25, 0.3) is 5.78 Å². The van der Waals surface area contributed by atoms with Crippen molar-refractivity contribution in [3.63, 3.8) is 0 Å². The maximum atomic E-state index is 13.4. The molecular formula is C27H22ClN3O6. The molecule has 1 aromatic heterocycles. The molecule has 0 saturated carbocycles. The molecule has 2 N–H and O–H groups in total. The number of aliphatic hydroxyl groups excluding tert-OH is 1. The van der Waals surface area contributed by atoms with Gasteiger partial charge in [-0.05, 0) is 48.0 Å². The number of aliphatic hydroxyl groups is 1. The molecule has 1 fully saturated rings. The molecule has 1 aliphatic heterocycles. The number of H-pyrrole nitrogens is 1. The Morgan fingerprint density at radius 1 is 0.973 bits per heavy atom. The van der Waals surface area contributed by atoms with E-state index in [-0.39, 0.29) is 22.8 Å². The zero-order chi connectivity index (χ0) is 26.3. The lowest BCUT2D eigenvalue weighted by Gasteiger charge is -2.23. The van der Waals surface area contributed by atoms with E-state index in [0.717, 1.165) is 0 Å². The van der Waals surface area contributed by atoms with Gasteiger partial charge < -0.3 is 24.3 Å². The number of halogens is 1. The van der Waals surface area contributed by atoms with Crippen LogP contribution in [0.25, 0.3) is 16.8 Å². The van der Waals surface area contributed by atoms with Crippen molar-refractivity contribution in [3.05, 3.63) is 82.4 Å². The normalized spacial score (nSPS) is 16.9. The second-order valence-electron chi connectivity index (χ2n) is 8.24. The fraction of sp³-hybridized carbons (Fsp3) is 0.148. The van der Waals surface area contributed by atoms with Crippen molar-refractivity contribution < 1.29 is 28.9 Å². The number of rotatable bonds is 6. The fourth-order valence-corrected chi connectivity index (χ4v) is 4.55. The Morgan fingerprint density at radius 2 is 1.73 bits per heavy atom. The van der Waals surface area contributed by atoms with Crippen LogP contribution in [0.3, 0.4) is 0 Å². The number of carbonyl (C=O) groups is 2. The number of aromatic nitrogens is 2. The summed E-state index contributed by atoms with van der Waals surface area (Å²) < 4.78 is 15.9. The Bertz CT molecular complexity index is 1580. The third kappa shape index (κ3) is 4.13. The third-order valence-electron chi connectivity index (χ3n) is 6.18. The number of Topliss-reactive ketones (excluding diaryl/α,β-unsaturated/α-hetero) is 1. The van der Waals surface area contributed by atoms with Crippen LogP contribution in [0.15, 0.2) is 66.2 Å². The number of aromatic amines is 1. The van der Waals surface area contributed by atoms with Crippen molar-refractivity contribution in [1.29, 1.82) is 0 Å². The van der Waals surface area contributed by atoms with Crippen molar-refractivity contribution in [1.82, 2.24) is 9.97 Å². The van der Waals surface area contributed by atoms with Gasteiger partial charge in [0.15, 0.2) is 0 Å². The Labute approximate surface area is 216 Å². The van der Waals surface area contributed by atoms with Crippen molar-refractivity contribution in [2.45, 2.75) is 6.04 Å². The van der Waals surface area contributed by atoms with Crippen LogP contribution in [-0.2, 0) is 9.59 Å². The molecule has 1 unspecified atom stereocenters. The second kappa shape index (κ2) is 9.51. The van der Waals surface area contributed by atoms with Gasteiger partial charge in [0.05, 0.1) is 49.0 Å². The molecule has 1 aliphatic rings. The molecule has 0 spiro atoms. The van der Waals surface area contributed by atoms with Crippen molar-refractivity contribution in [2.75, 3.05) is 26.2 Å². The first-order valence-corrected chi connectivity index (χ1v) is 11.6. The topological polar surface area (TPSA) is 114 Å². The number of ether oxygens (including phenoxy) is 3. The van der Waals surface area contributed by atoms with Gasteiger partial charge in [0.1, 0.15) is 23.0 Å². The molecule has 9 nitrogen and oxygen atoms in total. The maximum Gasteiger partial charge on any atom is 0.302 e. The van der Waals surface area contributed by atoms with E-state index in [1.807, 2.05) is 0 Å². The van der Waals surface area contributed by atoms with Gasteiger partial charge in [-0.15, -0.1) is 0 Å². The first-order valence-electron chi connectivity index (χ1n) is 11.2. The summed E-state index contributed by atoms with van der Waals surface area (Å²) in [7, 11) is 4.50. The molecule has 1 saturated heterocycles. The molecule has 1 atom stereocenters. The summed E-state index contributed by atoms with van der Waals surface area (Å²) in [5.41, 5.74) is 1.88. The number of benzene rings is 3. The minimum atomic E-state index is -1.00. The average Bonchev–Trinajstić information content (AvgIpc) is 3.46. The summed E-state index contributed by atoms with van der Waals surface area (Å²) in [6.07, 6.45) is 0. The van der Waals surface area contributed by atoms with Crippen LogP contribution in [-0.4, -0.2) is 48.1 Å². The van der Waals surface area contributed by atoms with Crippen LogP contribution in [0, 0.1) is 0 Å². The highest BCUT2D eigenvalue weighted by Gasteiger charge is 2.48. The molecule has 1 amide bonds. The summed E-state index contributed by atoms with van der Waals surface area (Å²) in [5, 5.41) is 11.7. The monoisotopic (exact) mass is 519 g/mol. The Balaban J connectivity index is 1.73. The molecule has 188 valence electrons. The van der Waals surface area contributed by atoms with E-state index in [9.17, 15) is 14.7 Å². The van der Waals surface area contributed by atoms with E-state index in [1.165, 1.54) is 25.2 Å². The van der Waals surface area contributed by atoms with E-state index in [2.05, 4.69) is 9.97 Å². The van der Waals surface area contributed by atoms with Gasteiger partial charge in [0, 0.05) is 11.6 Å². The largest absolute Gasteiger partial charge is 0.507 e. The number of nitrogens with zero attached hydrogens (tertiary/aromatic N) is 2. The fourth-order valence-electron chi connectivity index (χ4n) is 4.36. The van der Waals surface area contributed by atoms with Crippen molar-refractivity contribution in [3.8, 4) is 17.2 Å². The standard InChI is InChI=1S/C27H22ClN3O6/c1-35-16-6-4-5-14(11-16)23-22(24(32)15-7-9-18(28)21(12-15)37-3)25(33)26(34)31(23)27-29-19-10-8-17(36-2)13-20(19)30-27/h4-13,23,32H,1-3H3,(H,29,30)/b24-22+. The lowest BCUT2D eigenvalue weighted by molar-refractivity contribution is -0.132. The van der Waals surface area contributed by atoms with Crippen molar-refractivity contribution >= 4 is 46.0 Å². The molecule has 0 bridgehead atoms. The molecular weight excluding hydrogens is 498 g/mol. The van der Waals surface area contributed by atoms with Gasteiger partial charge in [-0.3, -0.25) is 14.5 Å². The van der Waals surface area contributed by atoms with E-state index in [4.69, 9.17) is 25.8 Å². The quantitative estimate of drug-likeness (QED) is 0.212. The average molecular weight is 520 g/mol. The van der Waals surface area contributed by atoms with E-state index in [1.54, 1.807) is 61.7 Å². The second-order valence-corrected chi connectivity index (χ2v) is 8.65. The van der Waals surface area contributed by atoms with Crippen LogP contribution >= 0.6 is 11.6 Å². The van der Waals surface area contributed by atoms with Crippen LogP contribution in [0.1, 0.15) is 17.2 Å². The van der Waals surface area contributed by atoms with Gasteiger partial charge in [0.2, 0.25) is 5.95 Å². The smallest absolute Gasteiger partial charge is 0.302 e. The summed E-state index contributed by atoms with van der Waals surface area (Å²) in [4.78, 5) is 35.7. The summed E-state index contributed by atoms with van der Waals surface area (Å²) >= 11 is 6.15. The Kier molecular flexibility index (Phi) is 6.22. The van der Waals surface area contributed by atoms with Gasteiger partial charge in [-0.25, -0.2) is 4.98 Å². The lowest BCUT2D eigenvalue weighted by atomic mass is 9.95. The van der Waals surface area contributed by atoms with Gasteiger partial charge in [-0.1, -0.05) is 23.7 Å². The molecule has 5 rings (SSSR count). The number of nitrogens with one attached hydrogen (secondary N) is 1. The van der Waals surface area contributed by atoms with E-state index < -0.39 is 17.7 Å². The highest BCUT2D eigenvalue weighted by molar-refractivity contribution is 6.51. The van der Waals surface area contributed by atoms with Crippen molar-refractivity contribution in [2.24, 2.45) is 0 Å². The molecule has 0 radical (unpaired) electrons. The Hall–Kier alpha value is -4.50. The number of imidazole rings is 1. The molecule has 4 aromatic rings. The Morgan fingerprint density at radius 3 is 2.46 bits per heavy atom. The van der Waals surface area contributed by atoms with Crippen LogP contribution in [0.4, 0.5) is 5.95 Å². The summed E-state index contributed by atoms with van der Waals surface area (Å²) in [6.45, 7) is 0. The molecule has 3 aromatic carbocycles. The maximum absolute atomic E-state index is 13.4. The number of carbonyl (C=O) groups excluding carboxylic acids is 2. The minimum Gasteiger partial charge on any atom is -0.507 e. The van der Waals surface area contributed by atoms with E-state index >= 15 is 0 Å². The minimum absolute atomic E-state index is 0.110. The number of hydrogen-bond acceptors (Lipinski definition) is 7. The zero-order valence-corrected chi connectivity index (χ0v) is 20.9. The van der Waals surface area contributed by atoms with Gasteiger partial charge >= 0.3 is 5.91 Å². The molecule has 0 aliphatic carbocycles. The lowest BCUT2D eigenvalue weighted by Crippen LogP contribution is -2.30. The highest BCUT2D eigenvalue weighted by atomic mass is 35.5. The highest BCUT2D eigenvalue weighted by Crippen LogP contribution is 2.43. The number of amides is 1. The summed E-state index contributed by atoms with van der Waals surface area (Å²) in [5.74, 6) is -0.508. The predicted octanol–water partition coefficient (Wildman–Crippen LogP) is 4.87. The van der Waals surface area contributed by atoms with Gasteiger partial charge in [-0.2, -0.15) is 0 Å². The molecule has 2 heterocycles. The summed E-state index contributed by atoms with van der Waals surface area (Å²) in [6, 6.07) is 15.7. The molecule has 37 heavy (non-hydrogen) atoms. The number of fused-ring (bicyclic) bond motifs is 1. The number of ketones is 1. The van der Waals surface area contributed by atoms with Crippen LogP contribution in [0.5, 0.6) is 17.2 Å². The first-order chi connectivity index (χ1) is 17.9.